The van der Waals surface area contributed by atoms with Crippen LogP contribution in [0, 0.1) is 11.3 Å². The molecule has 0 saturated heterocycles. The van der Waals surface area contributed by atoms with Crippen LogP contribution in [0.4, 0.5) is 0 Å². The molecule has 0 spiro atoms. The molecule has 1 aliphatic heterocycles. The zero-order chi connectivity index (χ0) is 22.6. The Hall–Kier alpha value is -4.12. The Balaban J connectivity index is 1.77. The predicted molar refractivity (Wildman–Crippen MR) is 120 cm³/mol. The summed E-state index contributed by atoms with van der Waals surface area (Å²) in [6, 6.07) is 10.1. The number of carbonyl (C=O) groups is 1. The maximum Gasteiger partial charge on any atom is 0.255 e. The molecule has 2 aromatic carbocycles. The highest BCUT2D eigenvalue weighted by atomic mass is 16.5. The maximum absolute atomic E-state index is 12.5. The van der Waals surface area contributed by atoms with E-state index in [2.05, 4.69) is 23.4 Å². The van der Waals surface area contributed by atoms with E-state index in [1.54, 1.807) is 22.7 Å². The zero-order valence-electron chi connectivity index (χ0n) is 18.3. The minimum absolute atomic E-state index is 0.129. The number of ether oxygens (including phenoxy) is 1. The highest BCUT2D eigenvalue weighted by molar-refractivity contribution is 6.03. The molecule has 5 rings (SSSR count). The number of nitrogens with zero attached hydrogens (tertiary/aromatic N) is 5. The molecule has 1 amide bonds. The summed E-state index contributed by atoms with van der Waals surface area (Å²) in [5.74, 6) is 0.528. The monoisotopic (exact) mass is 426 g/mol. The molecule has 1 aliphatic rings. The zero-order valence-corrected chi connectivity index (χ0v) is 18.3. The summed E-state index contributed by atoms with van der Waals surface area (Å²) in [5, 5.41) is 22.6. The van der Waals surface area contributed by atoms with Gasteiger partial charge in [0.25, 0.3) is 5.91 Å². The molecule has 0 aliphatic carbocycles. The van der Waals surface area contributed by atoms with Gasteiger partial charge >= 0.3 is 0 Å². The maximum atomic E-state index is 12.5. The highest BCUT2D eigenvalue weighted by Crippen LogP contribution is 2.39. The van der Waals surface area contributed by atoms with Gasteiger partial charge < -0.3 is 10.1 Å². The van der Waals surface area contributed by atoms with Crippen LogP contribution in [-0.4, -0.2) is 39.1 Å². The molecule has 3 heterocycles. The summed E-state index contributed by atoms with van der Waals surface area (Å²) in [7, 11) is 5.29. The van der Waals surface area contributed by atoms with Crippen LogP contribution in [0.1, 0.15) is 34.3 Å². The smallest absolute Gasteiger partial charge is 0.255 e. The van der Waals surface area contributed by atoms with Gasteiger partial charge in [-0.2, -0.15) is 15.5 Å². The Labute approximate surface area is 185 Å². The number of aryl methyl sites for hydroxylation is 2. The van der Waals surface area contributed by atoms with E-state index in [4.69, 9.17) is 9.84 Å². The van der Waals surface area contributed by atoms with Crippen LogP contribution < -0.4 is 10.1 Å². The van der Waals surface area contributed by atoms with E-state index in [9.17, 15) is 10.1 Å². The third-order valence-corrected chi connectivity index (χ3v) is 6.05. The number of benzene rings is 2. The first-order valence-corrected chi connectivity index (χ1v) is 10.3. The quantitative estimate of drug-likeness (QED) is 0.542. The van der Waals surface area contributed by atoms with E-state index >= 15 is 0 Å². The highest BCUT2D eigenvalue weighted by Gasteiger charge is 2.28. The van der Waals surface area contributed by atoms with E-state index in [0.29, 0.717) is 23.4 Å². The molecule has 2 aromatic heterocycles. The Kier molecular flexibility index (Phi) is 4.48. The number of carbonyl (C=O) groups excluding carboxylic acids is 1. The number of methoxy groups -OCH3 is 1. The first-order valence-electron chi connectivity index (χ1n) is 10.3. The molecular weight excluding hydrogens is 404 g/mol. The lowest BCUT2D eigenvalue weighted by molar-refractivity contribution is 0.0938. The van der Waals surface area contributed by atoms with Crippen LogP contribution in [0.15, 0.2) is 36.7 Å². The molecule has 8 heteroatoms. The molecule has 0 saturated carbocycles. The van der Waals surface area contributed by atoms with Gasteiger partial charge in [-0.3, -0.25) is 14.2 Å². The van der Waals surface area contributed by atoms with Crippen LogP contribution in [0.2, 0.25) is 0 Å². The lowest BCUT2D eigenvalue weighted by Crippen LogP contribution is -2.34. The first kappa shape index (κ1) is 19.8. The summed E-state index contributed by atoms with van der Waals surface area (Å²) in [4.78, 5) is 12.5. The average molecular weight is 426 g/mol. The van der Waals surface area contributed by atoms with Gasteiger partial charge in [-0.25, -0.2) is 0 Å². The standard InChI is InChI=1S/C24H22N6O2/c1-13-10-26-24(31)22-18(13)6-15(8-20(22)32-4)23-21-16(9-25)5-14(7-19(21)28-30(23)3)17-11-27-29(2)12-17/h5-8,11-13H,10H2,1-4H3,(H,26,31)/t13-/m0/s1. The summed E-state index contributed by atoms with van der Waals surface area (Å²) in [6.07, 6.45) is 3.68. The Bertz CT molecular complexity index is 1440. The van der Waals surface area contributed by atoms with Crippen molar-refractivity contribution in [1.29, 1.82) is 5.26 Å². The van der Waals surface area contributed by atoms with Gasteiger partial charge in [0.1, 0.15) is 5.75 Å². The van der Waals surface area contributed by atoms with E-state index in [-0.39, 0.29) is 11.8 Å². The van der Waals surface area contributed by atoms with Crippen LogP contribution in [-0.2, 0) is 14.1 Å². The summed E-state index contributed by atoms with van der Waals surface area (Å²) >= 11 is 0. The Morgan fingerprint density at radius 2 is 2.00 bits per heavy atom. The molecule has 0 fully saturated rings. The van der Waals surface area contributed by atoms with Gasteiger partial charge in [0, 0.05) is 43.4 Å². The Morgan fingerprint density at radius 1 is 1.19 bits per heavy atom. The molecule has 1 N–H and O–H groups in total. The number of aromatic nitrogens is 4. The third-order valence-electron chi connectivity index (χ3n) is 6.05. The second-order valence-electron chi connectivity index (χ2n) is 8.16. The summed E-state index contributed by atoms with van der Waals surface area (Å²) in [5.41, 5.74) is 6.25. The van der Waals surface area contributed by atoms with Crippen LogP contribution in [0.5, 0.6) is 5.75 Å². The van der Waals surface area contributed by atoms with Gasteiger partial charge in [-0.15, -0.1) is 0 Å². The van der Waals surface area contributed by atoms with E-state index in [1.165, 1.54) is 0 Å². The number of amides is 1. The van der Waals surface area contributed by atoms with Crippen LogP contribution in [0.25, 0.3) is 33.3 Å². The lowest BCUT2D eigenvalue weighted by Gasteiger charge is -2.25. The molecule has 160 valence electrons. The third kappa shape index (κ3) is 2.94. The van der Waals surface area contributed by atoms with Crippen molar-refractivity contribution in [3.05, 3.63) is 53.3 Å². The Morgan fingerprint density at radius 3 is 2.69 bits per heavy atom. The number of hydrogen-bond acceptors (Lipinski definition) is 5. The summed E-state index contributed by atoms with van der Waals surface area (Å²) < 4.78 is 9.11. The second kappa shape index (κ2) is 7.24. The molecule has 1 atom stereocenters. The van der Waals surface area contributed by atoms with Crippen molar-refractivity contribution in [2.75, 3.05) is 13.7 Å². The minimum atomic E-state index is -0.129. The van der Waals surface area contributed by atoms with Crippen molar-refractivity contribution in [2.45, 2.75) is 12.8 Å². The van der Waals surface area contributed by atoms with Gasteiger partial charge in [-0.1, -0.05) is 6.92 Å². The van der Waals surface area contributed by atoms with E-state index in [0.717, 1.165) is 38.9 Å². The van der Waals surface area contributed by atoms with Crippen molar-refractivity contribution in [3.8, 4) is 34.2 Å². The van der Waals surface area contributed by atoms with Crippen molar-refractivity contribution in [2.24, 2.45) is 14.1 Å². The molecule has 0 radical (unpaired) electrons. The minimum Gasteiger partial charge on any atom is -0.496 e. The number of nitriles is 1. The van der Waals surface area contributed by atoms with Gasteiger partial charge in [-0.05, 0) is 41.3 Å². The molecule has 8 nitrogen and oxygen atoms in total. The van der Waals surface area contributed by atoms with Crippen molar-refractivity contribution < 1.29 is 9.53 Å². The molecule has 0 bridgehead atoms. The number of fused-ring (bicyclic) bond motifs is 2. The van der Waals surface area contributed by atoms with E-state index < -0.39 is 0 Å². The SMILES string of the molecule is COc1cc(-c2c3c(C#N)cc(-c4cnn(C)c4)cc3nn2C)cc2c1C(=O)NC[C@@H]2C. The van der Waals surface area contributed by atoms with Gasteiger partial charge in [0.15, 0.2) is 0 Å². The lowest BCUT2D eigenvalue weighted by atomic mass is 9.88. The molecule has 4 aromatic rings. The fourth-order valence-corrected chi connectivity index (χ4v) is 4.49. The largest absolute Gasteiger partial charge is 0.496 e. The van der Waals surface area contributed by atoms with E-state index in [1.807, 2.05) is 44.6 Å². The first-order chi connectivity index (χ1) is 15.4. The van der Waals surface area contributed by atoms with Gasteiger partial charge in [0.05, 0.1) is 41.7 Å². The molecule has 32 heavy (non-hydrogen) atoms. The van der Waals surface area contributed by atoms with Crippen LogP contribution >= 0.6 is 0 Å². The summed E-state index contributed by atoms with van der Waals surface area (Å²) in [6.45, 7) is 2.65. The van der Waals surface area contributed by atoms with Crippen molar-refractivity contribution in [3.63, 3.8) is 0 Å². The average Bonchev–Trinajstić information content (AvgIpc) is 3.37. The molecular formula is C24H22N6O2. The number of hydrogen-bond donors (Lipinski definition) is 1. The van der Waals surface area contributed by atoms with Crippen molar-refractivity contribution in [1.82, 2.24) is 24.9 Å². The van der Waals surface area contributed by atoms with Crippen molar-refractivity contribution >= 4 is 16.8 Å². The topological polar surface area (TPSA) is 97.8 Å². The fourth-order valence-electron chi connectivity index (χ4n) is 4.49. The fraction of sp³-hybridized carbons (Fsp3) is 0.250. The number of nitrogens with one attached hydrogen (secondary N) is 1. The van der Waals surface area contributed by atoms with Crippen LogP contribution in [0.3, 0.4) is 0 Å². The van der Waals surface area contributed by atoms with Gasteiger partial charge in [0.2, 0.25) is 0 Å². The second-order valence-corrected chi connectivity index (χ2v) is 8.16. The molecule has 0 unspecified atom stereocenters. The normalized spacial score (nSPS) is 15.3. The predicted octanol–water partition coefficient (Wildman–Crippen LogP) is 3.37. The number of rotatable bonds is 3.